The topological polar surface area (TPSA) is 77.5 Å². The molecule has 7 heteroatoms. The third kappa shape index (κ3) is 4.32. The van der Waals surface area contributed by atoms with Crippen LogP contribution in [0.4, 0.5) is 5.13 Å². The van der Waals surface area contributed by atoms with Crippen molar-refractivity contribution in [2.45, 2.75) is 27.7 Å². The Morgan fingerprint density at radius 1 is 1.21 bits per heavy atom. The molecular formula is C17H20N2O4S. The van der Waals surface area contributed by atoms with Crippen molar-refractivity contribution in [3.05, 3.63) is 39.9 Å². The van der Waals surface area contributed by atoms with E-state index in [0.29, 0.717) is 28.1 Å². The molecule has 1 amide bonds. The van der Waals surface area contributed by atoms with E-state index < -0.39 is 5.97 Å². The van der Waals surface area contributed by atoms with E-state index in [-0.39, 0.29) is 12.5 Å². The first-order chi connectivity index (χ1) is 11.4. The largest absolute Gasteiger partial charge is 0.483 e. The van der Waals surface area contributed by atoms with Crippen molar-refractivity contribution in [3.63, 3.8) is 0 Å². The number of benzene rings is 1. The first kappa shape index (κ1) is 17.9. The van der Waals surface area contributed by atoms with Crippen LogP contribution in [0.3, 0.4) is 0 Å². The Hall–Kier alpha value is -2.41. The van der Waals surface area contributed by atoms with Gasteiger partial charge in [0.2, 0.25) is 0 Å². The highest BCUT2D eigenvalue weighted by molar-refractivity contribution is 7.17. The van der Waals surface area contributed by atoms with Crippen LogP contribution >= 0.6 is 11.3 Å². The first-order valence-corrected chi connectivity index (χ1v) is 8.37. The number of anilines is 1. The highest BCUT2D eigenvalue weighted by atomic mass is 32.1. The van der Waals surface area contributed by atoms with E-state index in [0.717, 1.165) is 22.5 Å². The fourth-order valence-corrected chi connectivity index (χ4v) is 3.03. The normalized spacial score (nSPS) is 10.3. The predicted molar refractivity (Wildman–Crippen MR) is 92.8 cm³/mol. The highest BCUT2D eigenvalue weighted by Crippen LogP contribution is 2.24. The van der Waals surface area contributed by atoms with E-state index in [1.807, 2.05) is 32.0 Å². The molecule has 0 saturated carbocycles. The first-order valence-electron chi connectivity index (χ1n) is 7.55. The van der Waals surface area contributed by atoms with Crippen molar-refractivity contribution in [2.24, 2.45) is 0 Å². The predicted octanol–water partition coefficient (Wildman–Crippen LogP) is 3.26. The molecule has 1 aromatic heterocycles. The van der Waals surface area contributed by atoms with Gasteiger partial charge in [-0.3, -0.25) is 10.1 Å². The maximum atomic E-state index is 12.0. The van der Waals surface area contributed by atoms with E-state index >= 15 is 0 Å². The number of hydrogen-bond acceptors (Lipinski definition) is 6. The van der Waals surface area contributed by atoms with Gasteiger partial charge in [0.25, 0.3) is 5.91 Å². The van der Waals surface area contributed by atoms with E-state index in [2.05, 4.69) is 10.3 Å². The van der Waals surface area contributed by atoms with E-state index in [9.17, 15) is 9.59 Å². The summed E-state index contributed by atoms with van der Waals surface area (Å²) < 4.78 is 10.6. The van der Waals surface area contributed by atoms with Crippen molar-refractivity contribution < 1.29 is 19.1 Å². The van der Waals surface area contributed by atoms with Gasteiger partial charge in [0, 0.05) is 0 Å². The Kier molecular flexibility index (Phi) is 5.92. The number of nitrogens with one attached hydrogen (secondary N) is 1. The lowest BCUT2D eigenvalue weighted by Crippen LogP contribution is -2.20. The maximum absolute atomic E-state index is 12.0. The molecule has 0 aliphatic heterocycles. The van der Waals surface area contributed by atoms with E-state index in [1.165, 1.54) is 0 Å². The van der Waals surface area contributed by atoms with Crippen LogP contribution in [0.2, 0.25) is 0 Å². The fourth-order valence-electron chi connectivity index (χ4n) is 2.16. The molecule has 128 valence electrons. The molecule has 0 atom stereocenters. The number of hydrogen-bond donors (Lipinski definition) is 1. The number of rotatable bonds is 6. The lowest BCUT2D eigenvalue weighted by atomic mass is 10.1. The van der Waals surface area contributed by atoms with Crippen LogP contribution in [-0.4, -0.2) is 30.1 Å². The zero-order chi connectivity index (χ0) is 17.7. The summed E-state index contributed by atoms with van der Waals surface area (Å²) in [5.74, 6) is -0.0585. The van der Waals surface area contributed by atoms with Crippen LogP contribution < -0.4 is 10.1 Å². The van der Waals surface area contributed by atoms with Gasteiger partial charge in [-0.15, -0.1) is 0 Å². The van der Waals surface area contributed by atoms with Gasteiger partial charge in [-0.1, -0.05) is 29.5 Å². The summed E-state index contributed by atoms with van der Waals surface area (Å²) in [5.41, 5.74) is 2.47. The Labute approximate surface area is 144 Å². The van der Waals surface area contributed by atoms with Gasteiger partial charge >= 0.3 is 5.97 Å². The number of amides is 1. The smallest absolute Gasteiger partial charge is 0.350 e. The van der Waals surface area contributed by atoms with Crippen LogP contribution in [0.1, 0.15) is 33.4 Å². The van der Waals surface area contributed by atoms with Gasteiger partial charge in [-0.25, -0.2) is 9.78 Å². The zero-order valence-corrected chi connectivity index (χ0v) is 15.0. The summed E-state index contributed by atoms with van der Waals surface area (Å²) in [5, 5.41) is 3.00. The average molecular weight is 348 g/mol. The number of ether oxygens (including phenoxy) is 2. The van der Waals surface area contributed by atoms with Crippen molar-refractivity contribution in [1.82, 2.24) is 4.98 Å². The van der Waals surface area contributed by atoms with E-state index in [4.69, 9.17) is 9.47 Å². The molecule has 0 fully saturated rings. The van der Waals surface area contributed by atoms with Gasteiger partial charge in [-0.05, 0) is 38.8 Å². The van der Waals surface area contributed by atoms with Crippen LogP contribution in [0.5, 0.6) is 5.75 Å². The summed E-state index contributed by atoms with van der Waals surface area (Å²) in [6.45, 7) is 7.46. The SMILES string of the molecule is CCOC(=O)c1sc(NC(=O)COc2c(C)cccc2C)nc1C. The minimum Gasteiger partial charge on any atom is -0.483 e. The average Bonchev–Trinajstić information content (AvgIpc) is 2.87. The number of thiazole rings is 1. The lowest BCUT2D eigenvalue weighted by molar-refractivity contribution is -0.118. The second-order valence-electron chi connectivity index (χ2n) is 5.21. The number of aromatic nitrogens is 1. The quantitative estimate of drug-likeness (QED) is 0.811. The van der Waals surface area contributed by atoms with Crippen LogP contribution in [0.15, 0.2) is 18.2 Å². The number of carbonyl (C=O) groups is 2. The molecule has 1 N–H and O–H groups in total. The van der Waals surface area contributed by atoms with E-state index in [1.54, 1.807) is 13.8 Å². The Bertz CT molecular complexity index is 735. The third-order valence-corrected chi connectivity index (χ3v) is 4.31. The molecule has 1 aromatic carbocycles. The fraction of sp³-hybridized carbons (Fsp3) is 0.353. The van der Waals surface area contributed by atoms with Gasteiger partial charge in [0.05, 0.1) is 12.3 Å². The lowest BCUT2D eigenvalue weighted by Gasteiger charge is -2.11. The van der Waals surface area contributed by atoms with Gasteiger partial charge in [0.1, 0.15) is 10.6 Å². The molecule has 0 aliphatic carbocycles. The minimum absolute atomic E-state index is 0.126. The highest BCUT2D eigenvalue weighted by Gasteiger charge is 2.17. The Morgan fingerprint density at radius 3 is 2.50 bits per heavy atom. The molecular weight excluding hydrogens is 328 g/mol. The molecule has 0 spiro atoms. The molecule has 24 heavy (non-hydrogen) atoms. The molecule has 2 rings (SSSR count). The number of aryl methyl sites for hydroxylation is 3. The van der Waals surface area contributed by atoms with Gasteiger partial charge in [-0.2, -0.15) is 0 Å². The summed E-state index contributed by atoms with van der Waals surface area (Å²) in [6, 6.07) is 5.79. The number of nitrogens with zero attached hydrogens (tertiary/aromatic N) is 1. The van der Waals surface area contributed by atoms with Crippen LogP contribution in [-0.2, 0) is 9.53 Å². The van der Waals surface area contributed by atoms with Crippen molar-refractivity contribution in [2.75, 3.05) is 18.5 Å². The Balaban J connectivity index is 1.98. The van der Waals surface area contributed by atoms with Crippen LogP contribution in [0, 0.1) is 20.8 Å². The molecule has 2 aromatic rings. The van der Waals surface area contributed by atoms with Gasteiger partial charge in [0.15, 0.2) is 11.7 Å². The molecule has 1 heterocycles. The molecule has 0 radical (unpaired) electrons. The second kappa shape index (κ2) is 7.92. The number of para-hydroxylation sites is 1. The summed E-state index contributed by atoms with van der Waals surface area (Å²) in [4.78, 5) is 28.4. The molecule has 0 bridgehead atoms. The number of esters is 1. The third-order valence-electron chi connectivity index (χ3n) is 3.26. The maximum Gasteiger partial charge on any atom is 0.350 e. The summed E-state index contributed by atoms with van der Waals surface area (Å²) in [7, 11) is 0. The van der Waals surface area contributed by atoms with Crippen molar-refractivity contribution in [1.29, 1.82) is 0 Å². The number of carbonyl (C=O) groups excluding carboxylic acids is 2. The second-order valence-corrected chi connectivity index (χ2v) is 6.21. The zero-order valence-electron chi connectivity index (χ0n) is 14.1. The Morgan fingerprint density at radius 2 is 1.88 bits per heavy atom. The molecule has 0 unspecified atom stereocenters. The molecule has 0 aliphatic rings. The summed E-state index contributed by atoms with van der Waals surface area (Å²) >= 11 is 1.09. The minimum atomic E-state index is -0.431. The monoisotopic (exact) mass is 348 g/mol. The molecule has 0 saturated heterocycles. The van der Waals surface area contributed by atoms with Gasteiger partial charge < -0.3 is 9.47 Å². The van der Waals surface area contributed by atoms with Crippen LogP contribution in [0.25, 0.3) is 0 Å². The van der Waals surface area contributed by atoms with Crippen molar-refractivity contribution >= 4 is 28.3 Å². The molecule has 6 nitrogen and oxygen atoms in total. The van der Waals surface area contributed by atoms with Crippen molar-refractivity contribution in [3.8, 4) is 5.75 Å². The standard InChI is InChI=1S/C17H20N2O4S/c1-5-22-16(21)15-12(4)18-17(24-15)19-13(20)9-23-14-10(2)7-6-8-11(14)3/h6-8H,5,9H2,1-4H3,(H,18,19,20). The summed E-state index contributed by atoms with van der Waals surface area (Å²) in [6.07, 6.45) is 0.